The molecule has 1 aliphatic heterocycles. The highest BCUT2D eigenvalue weighted by Gasteiger charge is 2.16. The van der Waals surface area contributed by atoms with Gasteiger partial charge >= 0.3 is 0 Å². The zero-order valence-corrected chi connectivity index (χ0v) is 12.4. The second-order valence-corrected chi connectivity index (χ2v) is 4.39. The van der Waals surface area contributed by atoms with Crippen LogP contribution in [-0.2, 0) is 6.54 Å². The summed E-state index contributed by atoms with van der Waals surface area (Å²) in [6.45, 7) is 17.6. The lowest BCUT2D eigenvalue weighted by Gasteiger charge is -2.29. The Labute approximate surface area is 112 Å². The van der Waals surface area contributed by atoms with Crippen LogP contribution in [0.1, 0.15) is 45.1 Å². The highest BCUT2D eigenvalue weighted by molar-refractivity contribution is 5.03. The molecule has 1 saturated heterocycles. The van der Waals surface area contributed by atoms with Gasteiger partial charge in [0.15, 0.2) is 0 Å². The summed E-state index contributed by atoms with van der Waals surface area (Å²) in [5.41, 5.74) is 1.07. The molecule has 0 aliphatic carbocycles. The second kappa shape index (κ2) is 9.89. The fourth-order valence-electron chi connectivity index (χ4n) is 1.94. The van der Waals surface area contributed by atoms with Crippen molar-refractivity contribution in [1.29, 1.82) is 0 Å². The van der Waals surface area contributed by atoms with Gasteiger partial charge in [-0.3, -0.25) is 4.90 Å². The normalized spacial score (nSPS) is 16.2. The molecule has 1 aromatic heterocycles. The fraction of sp³-hybridized carbons (Fsp3) is 0.667. The van der Waals surface area contributed by atoms with Gasteiger partial charge in [-0.2, -0.15) is 0 Å². The van der Waals surface area contributed by atoms with Crippen LogP contribution in [0.4, 0.5) is 0 Å². The summed E-state index contributed by atoms with van der Waals surface area (Å²) >= 11 is 0. The Bertz CT molecular complexity index is 301. The van der Waals surface area contributed by atoms with E-state index in [1.807, 2.05) is 26.8 Å². The van der Waals surface area contributed by atoms with E-state index in [-0.39, 0.29) is 0 Å². The van der Waals surface area contributed by atoms with Crippen LogP contribution in [0, 0.1) is 12.8 Å². The fourth-order valence-corrected chi connectivity index (χ4v) is 1.94. The molecule has 104 valence electrons. The minimum absolute atomic E-state index is 0.894. The first-order valence-corrected chi connectivity index (χ1v) is 6.88. The van der Waals surface area contributed by atoms with E-state index in [2.05, 4.69) is 30.1 Å². The number of aryl methyl sites for hydroxylation is 1. The van der Waals surface area contributed by atoms with E-state index in [0.29, 0.717) is 0 Å². The Morgan fingerprint density at radius 1 is 1.33 bits per heavy atom. The van der Waals surface area contributed by atoms with Gasteiger partial charge in [-0.15, -0.1) is 13.2 Å². The zero-order chi connectivity index (χ0) is 14.0. The molecule has 0 aromatic carbocycles. The number of rotatable bonds is 2. The number of likely N-dealkylation sites (tertiary alicyclic amines) is 1. The average Bonchev–Trinajstić information content (AvgIpc) is 2.83. The summed E-state index contributed by atoms with van der Waals surface area (Å²) in [7, 11) is 0. The topological polar surface area (TPSA) is 29.3 Å². The maximum absolute atomic E-state index is 5.05. The van der Waals surface area contributed by atoms with Crippen LogP contribution in [-0.4, -0.2) is 23.1 Å². The maximum Gasteiger partial charge on any atom is 0.133 e. The lowest BCUT2D eigenvalue weighted by molar-refractivity contribution is 0.181. The molecule has 2 heterocycles. The van der Waals surface area contributed by atoms with Gasteiger partial charge in [0.1, 0.15) is 5.76 Å². The number of hydrogen-bond acceptors (Lipinski definition) is 3. The molecule has 2 rings (SSSR count). The zero-order valence-electron chi connectivity index (χ0n) is 12.4. The number of hydrogen-bond donors (Lipinski definition) is 0. The highest BCUT2D eigenvalue weighted by atomic mass is 16.5. The lowest BCUT2D eigenvalue weighted by Crippen LogP contribution is -2.32. The third-order valence-corrected chi connectivity index (χ3v) is 2.94. The number of piperidine rings is 1. The minimum atomic E-state index is 0.894. The minimum Gasteiger partial charge on any atom is -0.361 e. The molecule has 0 N–H and O–H groups in total. The van der Waals surface area contributed by atoms with Crippen molar-refractivity contribution in [1.82, 2.24) is 10.1 Å². The van der Waals surface area contributed by atoms with Crippen molar-refractivity contribution in [2.24, 2.45) is 5.92 Å². The van der Waals surface area contributed by atoms with Gasteiger partial charge in [0, 0.05) is 12.6 Å². The molecule has 18 heavy (non-hydrogen) atoms. The lowest BCUT2D eigenvalue weighted by atomic mass is 9.99. The van der Waals surface area contributed by atoms with Gasteiger partial charge < -0.3 is 4.52 Å². The molecule has 3 heteroatoms. The van der Waals surface area contributed by atoms with E-state index in [1.54, 1.807) is 0 Å². The van der Waals surface area contributed by atoms with Crippen molar-refractivity contribution in [3.8, 4) is 0 Å². The van der Waals surface area contributed by atoms with Gasteiger partial charge in [0.05, 0.1) is 5.69 Å². The second-order valence-electron chi connectivity index (χ2n) is 4.39. The molecule has 0 amide bonds. The van der Waals surface area contributed by atoms with E-state index in [1.165, 1.54) is 25.9 Å². The first-order chi connectivity index (χ1) is 8.74. The van der Waals surface area contributed by atoms with Gasteiger partial charge in [-0.1, -0.05) is 25.9 Å². The Morgan fingerprint density at radius 3 is 2.33 bits per heavy atom. The Morgan fingerprint density at radius 2 is 1.89 bits per heavy atom. The van der Waals surface area contributed by atoms with Crippen LogP contribution >= 0.6 is 0 Å². The van der Waals surface area contributed by atoms with Crippen LogP contribution < -0.4 is 0 Å². The molecule has 0 saturated carbocycles. The summed E-state index contributed by atoms with van der Waals surface area (Å²) in [4.78, 5) is 2.46. The van der Waals surface area contributed by atoms with E-state index in [9.17, 15) is 0 Å². The average molecular weight is 252 g/mol. The molecule has 0 spiro atoms. The first-order valence-electron chi connectivity index (χ1n) is 6.88. The van der Waals surface area contributed by atoms with Crippen LogP contribution in [0.2, 0.25) is 0 Å². The molecule has 1 aromatic rings. The quantitative estimate of drug-likeness (QED) is 0.744. The van der Waals surface area contributed by atoms with Gasteiger partial charge in [-0.05, 0) is 38.8 Å². The van der Waals surface area contributed by atoms with Gasteiger partial charge in [0.25, 0.3) is 0 Å². The number of aromatic nitrogens is 1. The molecule has 1 fully saturated rings. The molecule has 0 radical (unpaired) electrons. The van der Waals surface area contributed by atoms with Crippen molar-refractivity contribution < 1.29 is 4.52 Å². The van der Waals surface area contributed by atoms with Gasteiger partial charge in [-0.25, -0.2) is 0 Å². The highest BCUT2D eigenvalue weighted by Crippen LogP contribution is 2.17. The van der Waals surface area contributed by atoms with Crippen molar-refractivity contribution in [2.75, 3.05) is 13.1 Å². The first kappa shape index (κ1) is 16.9. The van der Waals surface area contributed by atoms with Gasteiger partial charge in [0.2, 0.25) is 0 Å². The summed E-state index contributed by atoms with van der Waals surface area (Å²) in [6.07, 6.45) is 2.63. The third kappa shape index (κ3) is 6.01. The summed E-state index contributed by atoms with van der Waals surface area (Å²) in [6, 6.07) is 2.03. The molecular formula is C15H28N2O. The van der Waals surface area contributed by atoms with E-state index in [0.717, 1.165) is 23.9 Å². The largest absolute Gasteiger partial charge is 0.361 e. The maximum atomic E-state index is 5.05. The molecule has 1 aliphatic rings. The van der Waals surface area contributed by atoms with E-state index < -0.39 is 0 Å². The molecule has 3 nitrogen and oxygen atoms in total. The van der Waals surface area contributed by atoms with E-state index >= 15 is 0 Å². The molecule has 0 bridgehead atoms. The molecule has 0 unspecified atom stereocenters. The van der Waals surface area contributed by atoms with Crippen LogP contribution in [0.15, 0.2) is 23.7 Å². The SMILES string of the molecule is C=C.CC.Cc1cc(CN2CCC(C)CC2)no1. The number of nitrogens with zero attached hydrogens (tertiary/aromatic N) is 2. The summed E-state index contributed by atoms with van der Waals surface area (Å²) in [5, 5.41) is 4.01. The van der Waals surface area contributed by atoms with Crippen molar-refractivity contribution >= 4 is 0 Å². The van der Waals surface area contributed by atoms with Crippen molar-refractivity contribution in [3.05, 3.63) is 30.7 Å². The van der Waals surface area contributed by atoms with Crippen LogP contribution in [0.25, 0.3) is 0 Å². The summed E-state index contributed by atoms with van der Waals surface area (Å²) in [5.74, 6) is 1.80. The van der Waals surface area contributed by atoms with Crippen molar-refractivity contribution in [3.63, 3.8) is 0 Å². The Kier molecular flexibility index (Phi) is 9.29. The molecule has 0 atom stereocenters. The molecular weight excluding hydrogens is 224 g/mol. The van der Waals surface area contributed by atoms with Crippen molar-refractivity contribution in [2.45, 2.75) is 47.1 Å². The Balaban J connectivity index is 0.000000659. The smallest absolute Gasteiger partial charge is 0.133 e. The third-order valence-electron chi connectivity index (χ3n) is 2.94. The standard InChI is InChI=1S/C11H18N2O.C2H6.C2H4/c1-9-3-5-13(6-4-9)8-11-7-10(2)14-12-11;2*1-2/h7,9H,3-6,8H2,1-2H3;1-2H3;1-2H2. The monoisotopic (exact) mass is 252 g/mol. The summed E-state index contributed by atoms with van der Waals surface area (Å²) < 4.78 is 5.05. The Hall–Kier alpha value is -1.09. The van der Waals surface area contributed by atoms with E-state index in [4.69, 9.17) is 4.52 Å². The van der Waals surface area contributed by atoms with Crippen LogP contribution in [0.3, 0.4) is 0 Å². The predicted octanol–water partition coefficient (Wildman–Crippen LogP) is 4.04. The predicted molar refractivity (Wildman–Crippen MR) is 77.5 cm³/mol. The van der Waals surface area contributed by atoms with Crippen LogP contribution in [0.5, 0.6) is 0 Å².